The third kappa shape index (κ3) is 6.69. The molecule has 2 aromatic heterocycles. The summed E-state index contributed by atoms with van der Waals surface area (Å²) in [6.45, 7) is 7.87. The van der Waals surface area contributed by atoms with Gasteiger partial charge in [0.2, 0.25) is 0 Å². The predicted molar refractivity (Wildman–Crippen MR) is 126 cm³/mol. The molecule has 1 aliphatic heterocycles. The average molecular weight is 452 g/mol. The van der Waals surface area contributed by atoms with Gasteiger partial charge < -0.3 is 10.1 Å². The molecule has 1 fully saturated rings. The highest BCUT2D eigenvalue weighted by atomic mass is 16.6. The summed E-state index contributed by atoms with van der Waals surface area (Å²) in [5.74, 6) is 0. The van der Waals surface area contributed by atoms with Gasteiger partial charge in [0.15, 0.2) is 0 Å². The van der Waals surface area contributed by atoms with Crippen LogP contribution in [-0.2, 0) is 9.53 Å². The fraction of sp³-hybridized carbons (Fsp3) is 0.375. The first-order chi connectivity index (χ1) is 15.8. The third-order valence-electron chi connectivity index (χ3n) is 5.14. The van der Waals surface area contributed by atoms with Gasteiger partial charge in [-0.2, -0.15) is 5.10 Å². The minimum Gasteiger partial charge on any atom is -0.462 e. The molecule has 9 nitrogen and oxygen atoms in total. The smallest absolute Gasteiger partial charge is 0.293 e. The number of piperidine rings is 1. The second-order valence-corrected chi connectivity index (χ2v) is 8.72. The molecule has 1 saturated heterocycles. The number of non-ortho nitro benzene ring substituents is 1. The van der Waals surface area contributed by atoms with E-state index in [-0.39, 0.29) is 16.2 Å². The van der Waals surface area contributed by atoms with Crippen LogP contribution in [0.3, 0.4) is 0 Å². The van der Waals surface area contributed by atoms with Crippen LogP contribution in [0.25, 0.3) is 22.4 Å². The summed E-state index contributed by atoms with van der Waals surface area (Å²) in [4.78, 5) is 24.5. The lowest BCUT2D eigenvalue weighted by Gasteiger charge is -2.22. The van der Waals surface area contributed by atoms with Gasteiger partial charge in [0.05, 0.1) is 11.0 Å². The Bertz CT molecular complexity index is 1070. The molecule has 0 amide bonds. The molecule has 33 heavy (non-hydrogen) atoms. The fourth-order valence-corrected chi connectivity index (χ4v) is 3.52. The molecule has 0 saturated carbocycles. The Morgan fingerprint density at radius 1 is 1.15 bits per heavy atom. The van der Waals surface area contributed by atoms with E-state index in [4.69, 9.17) is 5.10 Å². The van der Waals surface area contributed by atoms with E-state index >= 15 is 0 Å². The molecule has 0 bridgehead atoms. The number of rotatable bonds is 5. The summed E-state index contributed by atoms with van der Waals surface area (Å²) in [7, 11) is 0. The van der Waals surface area contributed by atoms with E-state index in [2.05, 4.69) is 21.2 Å². The highest BCUT2D eigenvalue weighted by Crippen LogP contribution is 2.34. The Morgan fingerprint density at radius 3 is 2.42 bits per heavy atom. The number of nitro benzene ring substituents is 1. The van der Waals surface area contributed by atoms with Crippen molar-refractivity contribution in [2.75, 3.05) is 13.1 Å². The molecule has 0 aliphatic carbocycles. The van der Waals surface area contributed by atoms with Crippen LogP contribution >= 0.6 is 0 Å². The molecule has 3 heterocycles. The van der Waals surface area contributed by atoms with Gasteiger partial charge in [0, 0.05) is 41.9 Å². The Kier molecular flexibility index (Phi) is 7.89. The number of nitro groups is 1. The SMILES string of the molecule is CC(C)(C)OC=O.O=[N+]([O-])c1cccc(-c2nn(C3CCNCC3)cc2-c2ccncc2)c1. The maximum absolute atomic E-state index is 11.2. The molecular formula is C24H29N5O4. The van der Waals surface area contributed by atoms with Crippen LogP contribution < -0.4 is 5.32 Å². The lowest BCUT2D eigenvalue weighted by atomic mass is 10.0. The number of carbonyl (C=O) groups excluding carboxylic acids is 1. The minimum atomic E-state index is -0.376. The van der Waals surface area contributed by atoms with Gasteiger partial charge in [-0.3, -0.25) is 24.6 Å². The zero-order chi connectivity index (χ0) is 23.8. The number of nitrogens with one attached hydrogen (secondary N) is 1. The topological polar surface area (TPSA) is 112 Å². The number of hydrogen-bond acceptors (Lipinski definition) is 7. The molecular weight excluding hydrogens is 422 g/mol. The van der Waals surface area contributed by atoms with Crippen LogP contribution in [0, 0.1) is 10.1 Å². The highest BCUT2D eigenvalue weighted by Gasteiger charge is 2.21. The molecule has 4 rings (SSSR count). The number of nitrogens with zero attached hydrogens (tertiary/aromatic N) is 4. The van der Waals surface area contributed by atoms with Crippen LogP contribution in [0.4, 0.5) is 5.69 Å². The lowest BCUT2D eigenvalue weighted by Crippen LogP contribution is -2.29. The van der Waals surface area contributed by atoms with Crippen molar-refractivity contribution in [3.05, 3.63) is 65.1 Å². The van der Waals surface area contributed by atoms with Crippen LogP contribution in [0.15, 0.2) is 55.0 Å². The number of hydrogen-bond donors (Lipinski definition) is 1. The van der Waals surface area contributed by atoms with Gasteiger partial charge in [-0.15, -0.1) is 0 Å². The summed E-state index contributed by atoms with van der Waals surface area (Å²) in [5, 5.41) is 19.3. The monoisotopic (exact) mass is 451 g/mol. The van der Waals surface area contributed by atoms with E-state index in [1.54, 1.807) is 24.5 Å². The largest absolute Gasteiger partial charge is 0.462 e. The maximum atomic E-state index is 11.2. The predicted octanol–water partition coefficient (Wildman–Crippen LogP) is 4.40. The molecule has 3 aromatic rings. The summed E-state index contributed by atoms with van der Waals surface area (Å²) in [5.41, 5.74) is 3.23. The van der Waals surface area contributed by atoms with E-state index in [9.17, 15) is 14.9 Å². The van der Waals surface area contributed by atoms with Crippen molar-refractivity contribution in [2.24, 2.45) is 0 Å². The van der Waals surface area contributed by atoms with E-state index in [1.807, 2.05) is 43.7 Å². The van der Waals surface area contributed by atoms with Gasteiger partial charge in [-0.25, -0.2) is 0 Å². The van der Waals surface area contributed by atoms with Crippen molar-refractivity contribution in [2.45, 2.75) is 45.3 Å². The first-order valence-electron chi connectivity index (χ1n) is 10.8. The molecule has 0 atom stereocenters. The second kappa shape index (κ2) is 10.8. The van der Waals surface area contributed by atoms with Gasteiger partial charge in [0.1, 0.15) is 11.3 Å². The second-order valence-electron chi connectivity index (χ2n) is 8.72. The van der Waals surface area contributed by atoms with Crippen molar-refractivity contribution in [3.8, 4) is 22.4 Å². The number of pyridine rings is 1. The highest BCUT2D eigenvalue weighted by molar-refractivity contribution is 5.81. The van der Waals surface area contributed by atoms with Gasteiger partial charge in [0.25, 0.3) is 12.2 Å². The van der Waals surface area contributed by atoms with Crippen molar-refractivity contribution >= 4 is 12.2 Å². The number of benzene rings is 1. The van der Waals surface area contributed by atoms with Gasteiger partial charge in [-0.05, 0) is 64.4 Å². The first kappa shape index (κ1) is 24.1. The molecule has 9 heteroatoms. The molecule has 1 N–H and O–H groups in total. The maximum Gasteiger partial charge on any atom is 0.293 e. The summed E-state index contributed by atoms with van der Waals surface area (Å²) in [6.07, 6.45) is 7.58. The molecule has 1 aliphatic rings. The van der Waals surface area contributed by atoms with E-state index in [1.165, 1.54) is 6.07 Å². The van der Waals surface area contributed by atoms with Crippen LogP contribution in [-0.4, -0.2) is 44.9 Å². The van der Waals surface area contributed by atoms with Crippen molar-refractivity contribution in [1.29, 1.82) is 0 Å². The number of ether oxygens (including phenoxy) is 1. The zero-order valence-electron chi connectivity index (χ0n) is 19.1. The standard InChI is InChI=1S/C19H19N5O2.C5H10O2/c25-24(26)17-3-1-2-15(12-17)19-18(14-4-8-20-9-5-14)13-23(22-19)16-6-10-21-11-7-16;1-5(2,3)7-4-6/h1-5,8-9,12-13,16,21H,6-7,10-11H2;4H,1-3H3. The summed E-state index contributed by atoms with van der Waals surface area (Å²) in [6, 6.07) is 10.9. The van der Waals surface area contributed by atoms with Crippen molar-refractivity contribution < 1.29 is 14.5 Å². The quantitative estimate of drug-likeness (QED) is 0.347. The molecule has 0 radical (unpaired) electrons. The molecule has 0 unspecified atom stereocenters. The van der Waals surface area contributed by atoms with Crippen molar-refractivity contribution in [1.82, 2.24) is 20.1 Å². The van der Waals surface area contributed by atoms with Crippen LogP contribution in [0.5, 0.6) is 0 Å². The van der Waals surface area contributed by atoms with E-state index in [0.29, 0.717) is 12.5 Å². The van der Waals surface area contributed by atoms with Crippen LogP contribution in [0.1, 0.15) is 39.7 Å². The molecule has 174 valence electrons. The fourth-order valence-electron chi connectivity index (χ4n) is 3.52. The Hall–Kier alpha value is -3.59. The Balaban J connectivity index is 0.000000383. The summed E-state index contributed by atoms with van der Waals surface area (Å²) < 4.78 is 6.57. The zero-order valence-corrected chi connectivity index (χ0v) is 19.1. The normalized spacial score (nSPS) is 14.2. The summed E-state index contributed by atoms with van der Waals surface area (Å²) >= 11 is 0. The van der Waals surface area contributed by atoms with Gasteiger partial charge in [-0.1, -0.05) is 12.1 Å². The van der Waals surface area contributed by atoms with Gasteiger partial charge >= 0.3 is 0 Å². The average Bonchev–Trinajstić information content (AvgIpc) is 3.26. The van der Waals surface area contributed by atoms with Crippen molar-refractivity contribution in [3.63, 3.8) is 0 Å². The number of aromatic nitrogens is 3. The van der Waals surface area contributed by atoms with E-state index < -0.39 is 0 Å². The van der Waals surface area contributed by atoms with E-state index in [0.717, 1.165) is 48.3 Å². The Morgan fingerprint density at radius 2 is 1.85 bits per heavy atom. The first-order valence-corrected chi connectivity index (χ1v) is 10.8. The Labute approximate surface area is 192 Å². The minimum absolute atomic E-state index is 0.0691. The molecule has 0 spiro atoms. The third-order valence-corrected chi connectivity index (χ3v) is 5.14. The van der Waals surface area contributed by atoms with Crippen LogP contribution in [0.2, 0.25) is 0 Å². The number of carbonyl (C=O) groups is 1. The lowest BCUT2D eigenvalue weighted by molar-refractivity contribution is -0.384. The molecule has 1 aromatic carbocycles.